The summed E-state index contributed by atoms with van der Waals surface area (Å²) in [7, 11) is 1.64. The molecule has 8 heteroatoms. The van der Waals surface area contributed by atoms with Crippen molar-refractivity contribution >= 4 is 51.9 Å². The molecule has 0 N–H and O–H groups in total. The standard InChI is InChI=1S/C20H17ClFNO3S2/c1-3-25-16-9-13(10-17-19(24)23(2)20(27)28-17)8-15(21)18(16)26-11-12-4-6-14(22)7-5-12/h4-10H,3,11H2,1-2H3/b17-10-. The quantitative estimate of drug-likeness (QED) is 0.453. The second-order valence-corrected chi connectivity index (χ2v) is 8.00. The maximum absolute atomic E-state index is 13.0. The molecule has 2 aromatic carbocycles. The number of benzene rings is 2. The molecule has 0 aromatic heterocycles. The first-order chi connectivity index (χ1) is 13.4. The highest BCUT2D eigenvalue weighted by Crippen LogP contribution is 2.39. The molecule has 1 amide bonds. The Bertz CT molecular complexity index is 947. The van der Waals surface area contributed by atoms with E-state index in [9.17, 15) is 9.18 Å². The van der Waals surface area contributed by atoms with Crippen molar-refractivity contribution in [3.8, 4) is 11.5 Å². The molecule has 1 saturated heterocycles. The van der Waals surface area contributed by atoms with Gasteiger partial charge in [-0.25, -0.2) is 4.39 Å². The Morgan fingerprint density at radius 1 is 1.25 bits per heavy atom. The van der Waals surface area contributed by atoms with Crippen molar-refractivity contribution in [2.45, 2.75) is 13.5 Å². The van der Waals surface area contributed by atoms with Gasteiger partial charge in [-0.05, 0) is 48.4 Å². The van der Waals surface area contributed by atoms with Crippen molar-refractivity contribution in [3.63, 3.8) is 0 Å². The number of likely N-dealkylation sites (N-methyl/N-ethyl adjacent to an activating group) is 1. The molecule has 0 radical (unpaired) electrons. The first kappa shape index (κ1) is 20.6. The average Bonchev–Trinajstić information content (AvgIpc) is 2.89. The largest absolute Gasteiger partial charge is 0.490 e. The molecule has 0 aliphatic carbocycles. The molecule has 1 aliphatic rings. The van der Waals surface area contributed by atoms with E-state index >= 15 is 0 Å². The smallest absolute Gasteiger partial charge is 0.265 e. The van der Waals surface area contributed by atoms with Gasteiger partial charge in [-0.3, -0.25) is 9.69 Å². The van der Waals surface area contributed by atoms with Gasteiger partial charge < -0.3 is 9.47 Å². The van der Waals surface area contributed by atoms with Crippen LogP contribution >= 0.6 is 35.6 Å². The number of nitrogens with zero attached hydrogens (tertiary/aromatic N) is 1. The fraction of sp³-hybridized carbons (Fsp3) is 0.200. The molecule has 4 nitrogen and oxygen atoms in total. The SMILES string of the molecule is CCOc1cc(/C=C2\SC(=S)N(C)C2=O)cc(Cl)c1OCc1ccc(F)cc1. The van der Waals surface area contributed by atoms with Gasteiger partial charge in [0.1, 0.15) is 16.7 Å². The summed E-state index contributed by atoms with van der Waals surface area (Å²) in [6.45, 7) is 2.49. The molecule has 1 heterocycles. The zero-order valence-corrected chi connectivity index (χ0v) is 17.6. The molecule has 146 valence electrons. The fourth-order valence-electron chi connectivity index (χ4n) is 2.51. The van der Waals surface area contributed by atoms with E-state index in [0.717, 1.165) is 5.56 Å². The van der Waals surface area contributed by atoms with Crippen LogP contribution in [0.3, 0.4) is 0 Å². The lowest BCUT2D eigenvalue weighted by molar-refractivity contribution is -0.121. The Kier molecular flexibility index (Phi) is 6.59. The Morgan fingerprint density at radius 2 is 1.96 bits per heavy atom. The summed E-state index contributed by atoms with van der Waals surface area (Å²) in [5.41, 5.74) is 1.51. The molecular weight excluding hydrogens is 421 g/mol. The highest BCUT2D eigenvalue weighted by atomic mass is 35.5. The second-order valence-electron chi connectivity index (χ2n) is 5.92. The molecular formula is C20H17ClFNO3S2. The van der Waals surface area contributed by atoms with Gasteiger partial charge in [-0.15, -0.1) is 0 Å². The monoisotopic (exact) mass is 437 g/mol. The van der Waals surface area contributed by atoms with Crippen LogP contribution in [-0.2, 0) is 11.4 Å². The van der Waals surface area contributed by atoms with Crippen LogP contribution < -0.4 is 9.47 Å². The van der Waals surface area contributed by atoms with E-state index in [-0.39, 0.29) is 18.3 Å². The van der Waals surface area contributed by atoms with Crippen LogP contribution in [-0.4, -0.2) is 28.8 Å². The number of carbonyl (C=O) groups is 1. The lowest BCUT2D eigenvalue weighted by atomic mass is 10.1. The predicted molar refractivity (Wildman–Crippen MR) is 114 cm³/mol. The maximum atomic E-state index is 13.0. The second kappa shape index (κ2) is 8.94. The number of hydrogen-bond donors (Lipinski definition) is 0. The number of rotatable bonds is 6. The molecule has 0 saturated carbocycles. The third kappa shape index (κ3) is 4.66. The minimum atomic E-state index is -0.307. The van der Waals surface area contributed by atoms with E-state index in [1.54, 1.807) is 37.4 Å². The Balaban J connectivity index is 1.86. The Morgan fingerprint density at radius 3 is 2.57 bits per heavy atom. The molecule has 0 spiro atoms. The maximum Gasteiger partial charge on any atom is 0.265 e. The van der Waals surface area contributed by atoms with E-state index in [1.165, 1.54) is 28.8 Å². The normalized spacial score (nSPS) is 15.4. The Labute approximate surface area is 177 Å². The van der Waals surface area contributed by atoms with Crippen LogP contribution in [0.2, 0.25) is 5.02 Å². The zero-order chi connectivity index (χ0) is 20.3. The Hall–Kier alpha value is -2.09. The van der Waals surface area contributed by atoms with Gasteiger partial charge in [-0.2, -0.15) is 0 Å². The molecule has 0 unspecified atom stereocenters. The van der Waals surface area contributed by atoms with Crippen molar-refractivity contribution in [3.05, 3.63) is 63.3 Å². The van der Waals surface area contributed by atoms with Gasteiger partial charge in [0.15, 0.2) is 11.5 Å². The number of thiocarbonyl (C=S) groups is 1. The summed E-state index contributed by atoms with van der Waals surface area (Å²) < 4.78 is 25.0. The van der Waals surface area contributed by atoms with Crippen LogP contribution in [0, 0.1) is 5.82 Å². The number of halogens is 2. The highest BCUT2D eigenvalue weighted by molar-refractivity contribution is 8.26. The van der Waals surface area contributed by atoms with E-state index in [0.29, 0.717) is 37.9 Å². The predicted octanol–water partition coefficient (Wildman–Crippen LogP) is 5.29. The topological polar surface area (TPSA) is 38.8 Å². The van der Waals surface area contributed by atoms with E-state index in [1.807, 2.05) is 6.92 Å². The van der Waals surface area contributed by atoms with Crippen LogP contribution in [0.25, 0.3) is 6.08 Å². The van der Waals surface area contributed by atoms with Crippen molar-refractivity contribution in [1.82, 2.24) is 4.90 Å². The molecule has 28 heavy (non-hydrogen) atoms. The van der Waals surface area contributed by atoms with E-state index in [2.05, 4.69) is 0 Å². The molecule has 0 bridgehead atoms. The number of carbonyl (C=O) groups excluding carboxylic acids is 1. The summed E-state index contributed by atoms with van der Waals surface area (Å²) in [6, 6.07) is 9.49. The third-order valence-electron chi connectivity index (χ3n) is 3.91. The summed E-state index contributed by atoms with van der Waals surface area (Å²) in [5, 5.41) is 0.353. The van der Waals surface area contributed by atoms with Crippen LogP contribution in [0.4, 0.5) is 4.39 Å². The first-order valence-corrected chi connectivity index (χ1v) is 10.0. The minimum absolute atomic E-state index is 0.152. The molecule has 0 atom stereocenters. The van der Waals surface area contributed by atoms with Crippen LogP contribution in [0.15, 0.2) is 41.3 Å². The summed E-state index contributed by atoms with van der Waals surface area (Å²) in [6.07, 6.45) is 1.72. The van der Waals surface area contributed by atoms with E-state index in [4.69, 9.17) is 33.3 Å². The summed E-state index contributed by atoms with van der Waals surface area (Å²) >= 11 is 12.8. The van der Waals surface area contributed by atoms with Gasteiger partial charge in [-0.1, -0.05) is 47.7 Å². The van der Waals surface area contributed by atoms with Gasteiger partial charge in [0.25, 0.3) is 5.91 Å². The fourth-order valence-corrected chi connectivity index (χ4v) is 3.96. The zero-order valence-electron chi connectivity index (χ0n) is 15.2. The summed E-state index contributed by atoms with van der Waals surface area (Å²) in [4.78, 5) is 14.1. The van der Waals surface area contributed by atoms with Crippen molar-refractivity contribution in [2.24, 2.45) is 0 Å². The number of amides is 1. The highest BCUT2D eigenvalue weighted by Gasteiger charge is 2.28. The lowest BCUT2D eigenvalue weighted by Gasteiger charge is -2.15. The number of thioether (sulfide) groups is 1. The van der Waals surface area contributed by atoms with Gasteiger partial charge in [0, 0.05) is 7.05 Å². The van der Waals surface area contributed by atoms with Crippen molar-refractivity contribution in [1.29, 1.82) is 0 Å². The van der Waals surface area contributed by atoms with Crippen molar-refractivity contribution in [2.75, 3.05) is 13.7 Å². The number of ether oxygens (including phenoxy) is 2. The van der Waals surface area contributed by atoms with Crippen LogP contribution in [0.5, 0.6) is 11.5 Å². The third-order valence-corrected chi connectivity index (χ3v) is 5.68. The van der Waals surface area contributed by atoms with Crippen LogP contribution in [0.1, 0.15) is 18.1 Å². The molecule has 1 fully saturated rings. The van der Waals surface area contributed by atoms with Gasteiger partial charge in [0.05, 0.1) is 16.5 Å². The van der Waals surface area contributed by atoms with Gasteiger partial charge in [0.2, 0.25) is 0 Å². The van der Waals surface area contributed by atoms with E-state index < -0.39 is 0 Å². The minimum Gasteiger partial charge on any atom is -0.490 e. The average molecular weight is 438 g/mol. The molecule has 1 aliphatic heterocycles. The first-order valence-electron chi connectivity index (χ1n) is 8.44. The molecule has 3 rings (SSSR count). The van der Waals surface area contributed by atoms with Crippen molar-refractivity contribution < 1.29 is 18.7 Å². The number of hydrogen-bond acceptors (Lipinski definition) is 5. The lowest BCUT2D eigenvalue weighted by Crippen LogP contribution is -2.22. The summed E-state index contributed by atoms with van der Waals surface area (Å²) in [5.74, 6) is 0.405. The molecule has 2 aromatic rings. The van der Waals surface area contributed by atoms with Gasteiger partial charge >= 0.3 is 0 Å².